The maximum Gasteiger partial charge on any atom is 1.00 e. The molecule has 0 aromatic rings. The molecule has 0 aromatic carbocycles. The average molecular weight is 177 g/mol. The topological polar surface area (TPSA) is 63.0 Å². The van der Waals surface area contributed by atoms with E-state index in [-0.39, 0.29) is 83.2 Å². The number of hydrogen-bond donors (Lipinski definition) is 0. The predicted octanol–water partition coefficient (Wildman–Crippen LogP) is -4.54. The SMILES string of the molecule is O.O.[H-].[K+].[Ru]. The molecule has 0 radical (unpaired) electrons. The third-order valence-electron chi connectivity index (χ3n) is 0. The van der Waals surface area contributed by atoms with Crippen LogP contribution in [0.2, 0.25) is 0 Å². The molecule has 0 amide bonds. The van der Waals surface area contributed by atoms with Crippen LogP contribution in [0, 0.1) is 0 Å². The smallest absolute Gasteiger partial charge is 1.00 e. The second-order valence-electron chi connectivity index (χ2n) is 0. The molecule has 0 bridgehead atoms. The van der Waals surface area contributed by atoms with E-state index in [0.717, 1.165) is 0 Å². The largest absolute Gasteiger partial charge is 1.00 e. The number of rotatable bonds is 0. The van der Waals surface area contributed by atoms with E-state index < -0.39 is 0 Å². The Balaban J connectivity index is 0. The normalized spacial score (nSPS) is 0. The summed E-state index contributed by atoms with van der Waals surface area (Å²) >= 11 is 0. The molecule has 0 aliphatic carbocycles. The Morgan fingerprint density at radius 2 is 1.00 bits per heavy atom. The molecule has 0 unspecified atom stereocenters. The molecule has 0 saturated carbocycles. The molecule has 0 atom stereocenters. The van der Waals surface area contributed by atoms with Crippen LogP contribution in [0.3, 0.4) is 0 Å². The van der Waals surface area contributed by atoms with E-state index in [9.17, 15) is 0 Å². The van der Waals surface area contributed by atoms with E-state index in [4.69, 9.17) is 0 Å². The van der Waals surface area contributed by atoms with Crippen molar-refractivity contribution in [2.45, 2.75) is 0 Å². The zero-order valence-electron chi connectivity index (χ0n) is 3.35. The molecule has 26 valence electrons. The molecular formula is H5KO2Ru. The quantitative estimate of drug-likeness (QED) is 0.335. The Kier molecular flexibility index (Phi) is 166. The first-order valence-electron chi connectivity index (χ1n) is 0. The molecule has 2 nitrogen and oxygen atoms in total. The van der Waals surface area contributed by atoms with E-state index in [1.54, 1.807) is 0 Å². The second-order valence-corrected chi connectivity index (χ2v) is 0. The summed E-state index contributed by atoms with van der Waals surface area (Å²) in [4.78, 5) is 0. The molecule has 0 saturated heterocycles. The molecule has 0 aliphatic rings. The van der Waals surface area contributed by atoms with Gasteiger partial charge in [0.05, 0.1) is 0 Å². The van der Waals surface area contributed by atoms with Crippen molar-refractivity contribution in [3.05, 3.63) is 0 Å². The fraction of sp³-hybridized carbons (Fsp3) is 0. The maximum atomic E-state index is 0. The van der Waals surface area contributed by atoms with Gasteiger partial charge in [0.15, 0.2) is 0 Å². The minimum Gasteiger partial charge on any atom is -1.00 e. The molecular weight excluding hydrogens is 172 g/mol. The van der Waals surface area contributed by atoms with Crippen LogP contribution < -0.4 is 51.4 Å². The van der Waals surface area contributed by atoms with E-state index in [0.29, 0.717) is 0 Å². The van der Waals surface area contributed by atoms with Crippen LogP contribution in [0.5, 0.6) is 0 Å². The summed E-state index contributed by atoms with van der Waals surface area (Å²) in [5.74, 6) is 0. The van der Waals surface area contributed by atoms with Crippen LogP contribution >= 0.6 is 0 Å². The first-order valence-corrected chi connectivity index (χ1v) is 0. The Labute approximate surface area is 81.6 Å². The van der Waals surface area contributed by atoms with Gasteiger partial charge in [0.2, 0.25) is 0 Å². The van der Waals surface area contributed by atoms with Crippen LogP contribution in [0.1, 0.15) is 1.43 Å². The second kappa shape index (κ2) is 19.0. The first kappa shape index (κ1) is 34.9. The molecule has 4 N–H and O–H groups in total. The van der Waals surface area contributed by atoms with E-state index in [1.165, 1.54) is 0 Å². The van der Waals surface area contributed by atoms with Gasteiger partial charge in [-0.2, -0.15) is 0 Å². The van der Waals surface area contributed by atoms with E-state index in [2.05, 4.69) is 0 Å². The average Bonchev–Trinajstić information content (AvgIpc) is 0. The van der Waals surface area contributed by atoms with Crippen molar-refractivity contribution in [1.82, 2.24) is 0 Å². The van der Waals surface area contributed by atoms with Gasteiger partial charge in [0.25, 0.3) is 0 Å². The van der Waals surface area contributed by atoms with Gasteiger partial charge in [-0.15, -0.1) is 0 Å². The van der Waals surface area contributed by atoms with Gasteiger partial charge in [-0.1, -0.05) is 0 Å². The van der Waals surface area contributed by atoms with Crippen molar-refractivity contribution in [1.29, 1.82) is 0 Å². The van der Waals surface area contributed by atoms with Gasteiger partial charge in [0.1, 0.15) is 0 Å². The van der Waals surface area contributed by atoms with Crippen LogP contribution in [-0.4, -0.2) is 11.0 Å². The molecule has 0 rings (SSSR count). The fourth-order valence-electron chi connectivity index (χ4n) is 0. The van der Waals surface area contributed by atoms with Gasteiger partial charge < -0.3 is 12.4 Å². The van der Waals surface area contributed by atoms with E-state index in [1.807, 2.05) is 0 Å². The number of hydrogen-bond acceptors (Lipinski definition) is 0. The van der Waals surface area contributed by atoms with Gasteiger partial charge >= 0.3 is 51.4 Å². The molecule has 0 heterocycles. The Hall–Kier alpha value is 2.18. The monoisotopic (exact) mass is 178 g/mol. The zero-order chi connectivity index (χ0) is 0. The van der Waals surface area contributed by atoms with Crippen molar-refractivity contribution in [3.8, 4) is 0 Å². The Morgan fingerprint density at radius 1 is 1.00 bits per heavy atom. The van der Waals surface area contributed by atoms with Gasteiger partial charge in [-0.05, 0) is 0 Å². The van der Waals surface area contributed by atoms with Crippen LogP contribution in [0.15, 0.2) is 0 Å². The van der Waals surface area contributed by atoms with Crippen molar-refractivity contribution in [2.24, 2.45) is 0 Å². The third-order valence-corrected chi connectivity index (χ3v) is 0. The van der Waals surface area contributed by atoms with Crippen molar-refractivity contribution in [2.75, 3.05) is 0 Å². The van der Waals surface area contributed by atoms with Crippen LogP contribution in [0.25, 0.3) is 0 Å². The molecule has 0 aliphatic heterocycles. The molecule has 4 heavy (non-hydrogen) atoms. The summed E-state index contributed by atoms with van der Waals surface area (Å²) in [6.45, 7) is 0. The third kappa shape index (κ3) is 8.89. The predicted molar refractivity (Wildman–Crippen MR) is 8.34 cm³/mol. The summed E-state index contributed by atoms with van der Waals surface area (Å²) in [5, 5.41) is 0. The van der Waals surface area contributed by atoms with Gasteiger partial charge in [-0.25, -0.2) is 0 Å². The molecule has 0 aromatic heterocycles. The first-order chi connectivity index (χ1) is 0. The summed E-state index contributed by atoms with van der Waals surface area (Å²) < 4.78 is 0. The van der Waals surface area contributed by atoms with Crippen molar-refractivity contribution >= 4 is 0 Å². The van der Waals surface area contributed by atoms with Gasteiger partial charge in [-0.3, -0.25) is 0 Å². The summed E-state index contributed by atoms with van der Waals surface area (Å²) in [6, 6.07) is 0. The van der Waals surface area contributed by atoms with Crippen molar-refractivity contribution < 1.29 is 83.2 Å². The van der Waals surface area contributed by atoms with Crippen LogP contribution in [0.4, 0.5) is 0 Å². The summed E-state index contributed by atoms with van der Waals surface area (Å²) in [7, 11) is 0. The Bertz CT molecular complexity index is 9.61. The van der Waals surface area contributed by atoms with Gasteiger partial charge in [0, 0.05) is 19.5 Å². The Morgan fingerprint density at radius 3 is 1.00 bits per heavy atom. The molecule has 4 heteroatoms. The van der Waals surface area contributed by atoms with E-state index >= 15 is 0 Å². The maximum absolute atomic E-state index is 0. The zero-order valence-corrected chi connectivity index (χ0v) is 7.21. The summed E-state index contributed by atoms with van der Waals surface area (Å²) in [6.07, 6.45) is 0. The summed E-state index contributed by atoms with van der Waals surface area (Å²) in [5.41, 5.74) is 0. The minimum atomic E-state index is 0. The van der Waals surface area contributed by atoms with Crippen molar-refractivity contribution in [3.63, 3.8) is 0 Å². The van der Waals surface area contributed by atoms with Crippen LogP contribution in [-0.2, 0) is 19.5 Å². The fourth-order valence-corrected chi connectivity index (χ4v) is 0. The molecule has 0 fully saturated rings. The molecule has 0 spiro atoms. The standard InChI is InChI=1S/K.2H2O.Ru.H/h;2*1H2;;/q+1;;;;-1. The minimum absolute atomic E-state index is 0.